The average molecular weight is 309 g/mol. The molecule has 5 heteroatoms. The molecule has 3 rings (SSSR count). The number of hydrogen-bond donors (Lipinski definition) is 1. The van der Waals surface area contributed by atoms with Gasteiger partial charge in [-0.25, -0.2) is 4.98 Å². The number of hydrogen-bond acceptors (Lipinski definition) is 4. The molecular formula is C15H17ClN2OS. The molecule has 0 aliphatic heterocycles. The van der Waals surface area contributed by atoms with Crippen LogP contribution in [0.5, 0.6) is 5.75 Å². The van der Waals surface area contributed by atoms with Crippen LogP contribution >= 0.6 is 22.9 Å². The lowest BCUT2D eigenvalue weighted by Crippen LogP contribution is -2.14. The van der Waals surface area contributed by atoms with Crippen LogP contribution in [0, 0.1) is 0 Å². The van der Waals surface area contributed by atoms with Gasteiger partial charge in [0.2, 0.25) is 0 Å². The third-order valence-electron chi connectivity index (χ3n) is 3.14. The summed E-state index contributed by atoms with van der Waals surface area (Å²) in [5, 5.41) is 5.36. The van der Waals surface area contributed by atoms with E-state index in [1.807, 2.05) is 30.5 Å². The van der Waals surface area contributed by atoms with Crippen LogP contribution in [0.1, 0.15) is 22.7 Å². The summed E-state index contributed by atoms with van der Waals surface area (Å²) >= 11 is 7.60. The van der Waals surface area contributed by atoms with E-state index in [0.717, 1.165) is 34.8 Å². The highest BCUT2D eigenvalue weighted by Gasteiger charge is 2.20. The van der Waals surface area contributed by atoms with Crippen LogP contribution < -0.4 is 10.1 Å². The predicted octanol–water partition coefficient (Wildman–Crippen LogP) is 3.67. The molecule has 1 aliphatic rings. The second-order valence-electron chi connectivity index (χ2n) is 4.93. The monoisotopic (exact) mass is 308 g/mol. The number of nitrogens with one attached hydrogen (secondary N) is 1. The van der Waals surface area contributed by atoms with Crippen molar-refractivity contribution < 1.29 is 4.74 Å². The lowest BCUT2D eigenvalue weighted by atomic mass is 10.3. The predicted molar refractivity (Wildman–Crippen MR) is 82.6 cm³/mol. The first-order chi connectivity index (χ1) is 9.79. The number of nitrogens with zero attached hydrogens (tertiary/aromatic N) is 1. The lowest BCUT2D eigenvalue weighted by Gasteiger charge is -2.04. The van der Waals surface area contributed by atoms with E-state index in [1.54, 1.807) is 11.3 Å². The molecule has 1 aliphatic carbocycles. The van der Waals surface area contributed by atoms with Crippen molar-refractivity contribution in [1.82, 2.24) is 10.3 Å². The van der Waals surface area contributed by atoms with Gasteiger partial charge < -0.3 is 10.1 Å². The SMILES string of the molecule is Clc1ccc(OCCc2ncc(CNC3CC3)s2)cc1. The molecule has 1 aromatic heterocycles. The molecule has 2 aromatic rings. The molecule has 1 N–H and O–H groups in total. The molecule has 0 atom stereocenters. The molecule has 0 bridgehead atoms. The van der Waals surface area contributed by atoms with Crippen LogP contribution in [0.3, 0.4) is 0 Å². The molecule has 106 valence electrons. The van der Waals surface area contributed by atoms with Crippen LogP contribution in [-0.2, 0) is 13.0 Å². The highest BCUT2D eigenvalue weighted by molar-refractivity contribution is 7.11. The van der Waals surface area contributed by atoms with Crippen molar-refractivity contribution in [3.8, 4) is 5.75 Å². The Labute approximate surface area is 127 Å². The fourth-order valence-corrected chi connectivity index (χ4v) is 2.85. The Morgan fingerprint density at radius 1 is 1.30 bits per heavy atom. The molecule has 3 nitrogen and oxygen atoms in total. The molecule has 1 heterocycles. The van der Waals surface area contributed by atoms with Crippen molar-refractivity contribution in [1.29, 1.82) is 0 Å². The van der Waals surface area contributed by atoms with Crippen molar-refractivity contribution in [2.24, 2.45) is 0 Å². The van der Waals surface area contributed by atoms with Gasteiger partial charge >= 0.3 is 0 Å². The fourth-order valence-electron chi connectivity index (χ4n) is 1.86. The summed E-state index contributed by atoms with van der Waals surface area (Å²) in [6.07, 6.45) is 5.45. The first kappa shape index (κ1) is 13.9. The first-order valence-corrected chi connectivity index (χ1v) is 8.04. The summed E-state index contributed by atoms with van der Waals surface area (Å²) in [6, 6.07) is 8.18. The quantitative estimate of drug-likeness (QED) is 0.847. The molecule has 0 radical (unpaired) electrons. The average Bonchev–Trinajstić information content (AvgIpc) is 3.18. The van der Waals surface area contributed by atoms with Crippen molar-refractivity contribution in [3.05, 3.63) is 45.4 Å². The fraction of sp³-hybridized carbons (Fsp3) is 0.400. The molecule has 1 saturated carbocycles. The van der Waals surface area contributed by atoms with Gasteiger partial charge in [0.05, 0.1) is 11.6 Å². The van der Waals surface area contributed by atoms with E-state index in [0.29, 0.717) is 6.61 Å². The van der Waals surface area contributed by atoms with E-state index < -0.39 is 0 Å². The minimum atomic E-state index is 0.643. The van der Waals surface area contributed by atoms with E-state index in [1.165, 1.54) is 17.7 Å². The van der Waals surface area contributed by atoms with Gasteiger partial charge in [-0.3, -0.25) is 0 Å². The van der Waals surface area contributed by atoms with Crippen LogP contribution in [0.4, 0.5) is 0 Å². The van der Waals surface area contributed by atoms with Gasteiger partial charge in [0.25, 0.3) is 0 Å². The standard InChI is InChI=1S/C15H17ClN2OS/c16-11-1-5-13(6-2-11)19-8-7-15-18-10-14(20-15)9-17-12-3-4-12/h1-2,5-6,10,12,17H,3-4,7-9H2. The second-order valence-corrected chi connectivity index (χ2v) is 6.56. The summed E-state index contributed by atoms with van der Waals surface area (Å²) in [5.41, 5.74) is 0. The normalized spacial score (nSPS) is 14.4. The number of thiazole rings is 1. The van der Waals surface area contributed by atoms with E-state index >= 15 is 0 Å². The van der Waals surface area contributed by atoms with Gasteiger partial charge in [0, 0.05) is 35.1 Å². The van der Waals surface area contributed by atoms with E-state index in [9.17, 15) is 0 Å². The molecule has 20 heavy (non-hydrogen) atoms. The zero-order valence-electron chi connectivity index (χ0n) is 11.1. The molecule has 0 unspecified atom stereocenters. The van der Waals surface area contributed by atoms with Crippen molar-refractivity contribution >= 4 is 22.9 Å². The maximum Gasteiger partial charge on any atom is 0.119 e. The highest BCUT2D eigenvalue weighted by atomic mass is 35.5. The topological polar surface area (TPSA) is 34.1 Å². The number of benzene rings is 1. The maximum absolute atomic E-state index is 5.83. The molecule has 1 fully saturated rings. The summed E-state index contributed by atoms with van der Waals surface area (Å²) in [7, 11) is 0. The Morgan fingerprint density at radius 3 is 2.85 bits per heavy atom. The first-order valence-electron chi connectivity index (χ1n) is 6.85. The van der Waals surface area contributed by atoms with Crippen molar-refractivity contribution in [2.45, 2.75) is 31.8 Å². The van der Waals surface area contributed by atoms with Crippen molar-refractivity contribution in [3.63, 3.8) is 0 Å². The van der Waals surface area contributed by atoms with Crippen LogP contribution in [-0.4, -0.2) is 17.6 Å². The van der Waals surface area contributed by atoms with Gasteiger partial charge in [-0.2, -0.15) is 0 Å². The van der Waals surface area contributed by atoms with Gasteiger partial charge in [-0.15, -0.1) is 11.3 Å². The van der Waals surface area contributed by atoms with Gasteiger partial charge in [0.1, 0.15) is 5.75 Å². The number of aromatic nitrogens is 1. The third-order valence-corrected chi connectivity index (χ3v) is 4.45. The summed E-state index contributed by atoms with van der Waals surface area (Å²) in [5.74, 6) is 0.849. The Hall–Kier alpha value is -1.10. The number of halogens is 1. The number of ether oxygens (including phenoxy) is 1. The Bertz CT molecular complexity index is 551. The van der Waals surface area contributed by atoms with E-state index in [4.69, 9.17) is 16.3 Å². The highest BCUT2D eigenvalue weighted by Crippen LogP contribution is 2.21. The van der Waals surface area contributed by atoms with Crippen LogP contribution in [0.2, 0.25) is 5.02 Å². The molecule has 0 saturated heterocycles. The van der Waals surface area contributed by atoms with Crippen molar-refractivity contribution in [2.75, 3.05) is 6.61 Å². The summed E-state index contributed by atoms with van der Waals surface area (Å²) in [4.78, 5) is 5.74. The molecule has 1 aromatic carbocycles. The Morgan fingerprint density at radius 2 is 2.10 bits per heavy atom. The van der Waals surface area contributed by atoms with Crippen LogP contribution in [0.15, 0.2) is 30.5 Å². The van der Waals surface area contributed by atoms with E-state index in [-0.39, 0.29) is 0 Å². The largest absolute Gasteiger partial charge is 0.493 e. The Kier molecular flexibility index (Phi) is 4.55. The zero-order chi connectivity index (χ0) is 13.8. The van der Waals surface area contributed by atoms with Gasteiger partial charge in [-0.05, 0) is 37.1 Å². The summed E-state index contributed by atoms with van der Waals surface area (Å²) in [6.45, 7) is 1.59. The number of rotatable bonds is 7. The van der Waals surface area contributed by atoms with Gasteiger partial charge in [-0.1, -0.05) is 11.6 Å². The minimum absolute atomic E-state index is 0.643. The molecule has 0 spiro atoms. The molecule has 0 amide bonds. The zero-order valence-corrected chi connectivity index (χ0v) is 12.7. The smallest absolute Gasteiger partial charge is 0.119 e. The second kappa shape index (κ2) is 6.57. The summed E-state index contributed by atoms with van der Waals surface area (Å²) < 4.78 is 5.67. The Balaban J connectivity index is 1.42. The third kappa shape index (κ3) is 4.20. The van der Waals surface area contributed by atoms with Gasteiger partial charge in [0.15, 0.2) is 0 Å². The van der Waals surface area contributed by atoms with E-state index in [2.05, 4.69) is 10.3 Å². The minimum Gasteiger partial charge on any atom is -0.493 e. The lowest BCUT2D eigenvalue weighted by molar-refractivity contribution is 0.322. The van der Waals surface area contributed by atoms with Crippen LogP contribution in [0.25, 0.3) is 0 Å². The molecular weight excluding hydrogens is 292 g/mol. The maximum atomic E-state index is 5.83.